The van der Waals surface area contributed by atoms with Crippen molar-refractivity contribution in [2.75, 3.05) is 11.9 Å². The first-order valence-electron chi connectivity index (χ1n) is 13.1. The van der Waals surface area contributed by atoms with Crippen LogP contribution in [-0.4, -0.2) is 60.0 Å². The van der Waals surface area contributed by atoms with Gasteiger partial charge in [0, 0.05) is 26.1 Å². The van der Waals surface area contributed by atoms with E-state index in [-0.39, 0.29) is 35.0 Å². The largest absolute Gasteiger partial charge is 0.409 e. The van der Waals surface area contributed by atoms with Gasteiger partial charge in [-0.05, 0) is 36.7 Å². The molecule has 2 saturated heterocycles. The number of hydrogen-bond acceptors (Lipinski definition) is 8. The average molecular weight is 545 g/mol. The van der Waals surface area contributed by atoms with E-state index in [0.29, 0.717) is 19.6 Å². The van der Waals surface area contributed by atoms with E-state index >= 15 is 0 Å². The van der Waals surface area contributed by atoms with E-state index in [0.717, 1.165) is 5.56 Å². The van der Waals surface area contributed by atoms with E-state index < -0.39 is 26.5 Å². The Hall–Kier alpha value is -2.41. The lowest BCUT2D eigenvalue weighted by Gasteiger charge is -2.45. The van der Waals surface area contributed by atoms with Crippen LogP contribution >= 0.6 is 0 Å². The molecule has 1 N–H and O–H groups in total. The van der Waals surface area contributed by atoms with Gasteiger partial charge in [0.15, 0.2) is 20.8 Å². The van der Waals surface area contributed by atoms with Gasteiger partial charge in [-0.1, -0.05) is 51.1 Å². The van der Waals surface area contributed by atoms with Gasteiger partial charge in [0.2, 0.25) is 5.91 Å². The van der Waals surface area contributed by atoms with E-state index in [2.05, 4.69) is 44.2 Å². The SMILES string of the molecule is CC(=O)Nc1ccn([C@H]2C[C@H]([C@H]3O[C@@H](C)OC[C@H]3O[Si](C)(C)C(C)(C)C)N(Cc3ccccc3)O2)c(=O)n1. The number of ether oxygens (including phenoxy) is 2. The summed E-state index contributed by atoms with van der Waals surface area (Å²) >= 11 is 0. The molecule has 0 saturated carbocycles. The second-order valence-electron chi connectivity index (χ2n) is 11.5. The maximum atomic E-state index is 12.9. The second-order valence-corrected chi connectivity index (χ2v) is 16.3. The zero-order chi connectivity index (χ0) is 27.7. The van der Waals surface area contributed by atoms with E-state index in [1.807, 2.05) is 42.3 Å². The minimum absolute atomic E-state index is 0.0215. The van der Waals surface area contributed by atoms with Crippen molar-refractivity contribution >= 4 is 20.0 Å². The molecule has 2 aliphatic rings. The monoisotopic (exact) mass is 544 g/mol. The van der Waals surface area contributed by atoms with Crippen molar-refractivity contribution in [3.05, 3.63) is 58.6 Å². The zero-order valence-electron chi connectivity index (χ0n) is 23.3. The van der Waals surface area contributed by atoms with Crippen LogP contribution in [0, 0.1) is 0 Å². The van der Waals surface area contributed by atoms with E-state index in [1.54, 1.807) is 12.3 Å². The van der Waals surface area contributed by atoms with Crippen molar-refractivity contribution in [1.82, 2.24) is 14.6 Å². The molecule has 0 aliphatic carbocycles. The minimum Gasteiger partial charge on any atom is -0.409 e. The minimum atomic E-state index is -2.13. The standard InChI is InChI=1S/C27H40N4O6Si/c1-18(32)28-23-13-14-30(26(33)29-23)24-15-21(31(36-24)16-20-11-9-8-10-12-20)25-22(17-34-19(2)35-25)37-38(6,7)27(3,4)5/h8-14,19,21-22,24-25H,15-17H2,1-7H3,(H,28,29,32,33)/t19-,21+,22+,24+,25+/m0/s1. The summed E-state index contributed by atoms with van der Waals surface area (Å²) in [6.07, 6.45) is 0.496. The number of anilines is 1. The van der Waals surface area contributed by atoms with Crippen molar-refractivity contribution in [2.45, 2.75) is 96.5 Å². The van der Waals surface area contributed by atoms with Gasteiger partial charge in [0.25, 0.3) is 0 Å². The van der Waals surface area contributed by atoms with Gasteiger partial charge in [-0.3, -0.25) is 14.2 Å². The van der Waals surface area contributed by atoms with Crippen LogP contribution in [0.2, 0.25) is 18.1 Å². The van der Waals surface area contributed by atoms with Gasteiger partial charge in [0.1, 0.15) is 11.9 Å². The zero-order valence-corrected chi connectivity index (χ0v) is 24.3. The molecule has 0 unspecified atom stereocenters. The summed E-state index contributed by atoms with van der Waals surface area (Å²) in [6.45, 7) is 15.3. The average Bonchev–Trinajstić information content (AvgIpc) is 3.22. The molecule has 3 heterocycles. The number of rotatable bonds is 7. The van der Waals surface area contributed by atoms with Crippen molar-refractivity contribution in [3.8, 4) is 0 Å². The quantitative estimate of drug-likeness (QED) is 0.521. The molecule has 2 fully saturated rings. The van der Waals surface area contributed by atoms with Crippen LogP contribution in [0.4, 0.5) is 5.82 Å². The first-order valence-corrected chi connectivity index (χ1v) is 16.0. The number of carbonyl (C=O) groups is 1. The highest BCUT2D eigenvalue weighted by molar-refractivity contribution is 6.74. The van der Waals surface area contributed by atoms with Crippen LogP contribution in [0.15, 0.2) is 47.4 Å². The molecular formula is C27H40N4O6Si. The fourth-order valence-corrected chi connectivity index (χ4v) is 5.84. The Kier molecular flexibility index (Phi) is 8.55. The second kappa shape index (κ2) is 11.4. The number of benzene rings is 1. The Morgan fingerprint density at radius 1 is 1.21 bits per heavy atom. The highest BCUT2D eigenvalue weighted by Crippen LogP contribution is 2.41. The summed E-state index contributed by atoms with van der Waals surface area (Å²) in [5.74, 6) is -0.0849. The Balaban J connectivity index is 1.64. The highest BCUT2D eigenvalue weighted by Gasteiger charge is 2.49. The summed E-state index contributed by atoms with van der Waals surface area (Å²) in [7, 11) is -2.13. The molecule has 10 nitrogen and oxygen atoms in total. The van der Waals surface area contributed by atoms with Gasteiger partial charge in [-0.25, -0.2) is 4.79 Å². The summed E-state index contributed by atoms with van der Waals surface area (Å²) in [6, 6.07) is 11.4. The maximum absolute atomic E-state index is 12.9. The normalized spacial score (nSPS) is 26.9. The number of aromatic nitrogens is 2. The third kappa shape index (κ3) is 6.59. The summed E-state index contributed by atoms with van der Waals surface area (Å²) in [4.78, 5) is 34.7. The van der Waals surface area contributed by atoms with Crippen molar-refractivity contribution < 1.29 is 23.5 Å². The Morgan fingerprint density at radius 2 is 1.92 bits per heavy atom. The number of amides is 1. The third-order valence-corrected chi connectivity index (χ3v) is 12.0. The van der Waals surface area contributed by atoms with Gasteiger partial charge in [-0.2, -0.15) is 10.0 Å². The first-order chi connectivity index (χ1) is 17.8. The Morgan fingerprint density at radius 3 is 2.55 bits per heavy atom. The molecule has 38 heavy (non-hydrogen) atoms. The van der Waals surface area contributed by atoms with Gasteiger partial charge in [0.05, 0.1) is 18.8 Å². The Bertz CT molecular complexity index is 1170. The third-order valence-electron chi connectivity index (χ3n) is 7.54. The van der Waals surface area contributed by atoms with Crippen LogP contribution in [0.5, 0.6) is 0 Å². The molecule has 5 atom stereocenters. The molecule has 0 spiro atoms. The fraction of sp³-hybridized carbons (Fsp3) is 0.593. The van der Waals surface area contributed by atoms with Crippen molar-refractivity contribution in [3.63, 3.8) is 0 Å². The lowest BCUT2D eigenvalue weighted by Crippen LogP contribution is -2.57. The smallest absolute Gasteiger partial charge is 0.351 e. The molecule has 0 bridgehead atoms. The van der Waals surface area contributed by atoms with E-state index in [1.165, 1.54) is 11.5 Å². The predicted octanol–water partition coefficient (Wildman–Crippen LogP) is 4.06. The van der Waals surface area contributed by atoms with Crippen LogP contribution in [-0.2, 0) is 30.1 Å². The summed E-state index contributed by atoms with van der Waals surface area (Å²) in [5.41, 5.74) is 0.573. The number of hydrogen-bond donors (Lipinski definition) is 1. The van der Waals surface area contributed by atoms with Crippen LogP contribution in [0.25, 0.3) is 0 Å². The van der Waals surface area contributed by atoms with Crippen molar-refractivity contribution in [2.24, 2.45) is 0 Å². The number of carbonyl (C=O) groups excluding carboxylic acids is 1. The molecular weight excluding hydrogens is 504 g/mol. The van der Waals surface area contributed by atoms with Crippen LogP contribution in [0.3, 0.4) is 0 Å². The predicted molar refractivity (Wildman–Crippen MR) is 146 cm³/mol. The molecule has 1 aromatic carbocycles. The molecule has 1 amide bonds. The van der Waals surface area contributed by atoms with E-state index in [4.69, 9.17) is 18.7 Å². The Labute approximate surface area is 225 Å². The topological polar surface area (TPSA) is 104 Å². The molecule has 2 aromatic rings. The lowest BCUT2D eigenvalue weighted by molar-refractivity contribution is -0.274. The maximum Gasteiger partial charge on any atom is 0.351 e. The first kappa shape index (κ1) is 28.6. The summed E-state index contributed by atoms with van der Waals surface area (Å²) < 4.78 is 20.5. The lowest BCUT2D eigenvalue weighted by atomic mass is 10.0. The van der Waals surface area contributed by atoms with E-state index in [9.17, 15) is 9.59 Å². The summed E-state index contributed by atoms with van der Waals surface area (Å²) in [5, 5.41) is 4.47. The molecule has 4 rings (SSSR count). The molecule has 2 aliphatic heterocycles. The molecule has 208 valence electrons. The number of nitrogens with one attached hydrogen (secondary N) is 1. The van der Waals surface area contributed by atoms with Crippen molar-refractivity contribution in [1.29, 1.82) is 0 Å². The molecule has 11 heteroatoms. The number of nitrogens with zero attached hydrogens (tertiary/aromatic N) is 3. The molecule has 0 radical (unpaired) electrons. The highest BCUT2D eigenvalue weighted by atomic mass is 28.4. The van der Waals surface area contributed by atoms with Gasteiger partial charge >= 0.3 is 5.69 Å². The van der Waals surface area contributed by atoms with Gasteiger partial charge in [-0.15, -0.1) is 0 Å². The van der Waals surface area contributed by atoms with Crippen LogP contribution in [0.1, 0.15) is 52.8 Å². The fourth-order valence-electron chi connectivity index (χ4n) is 4.53. The molecule has 1 aromatic heterocycles. The number of hydroxylamine groups is 2. The van der Waals surface area contributed by atoms with Crippen LogP contribution < -0.4 is 11.0 Å². The van der Waals surface area contributed by atoms with Gasteiger partial charge < -0.3 is 19.2 Å².